The van der Waals surface area contributed by atoms with Crippen LogP contribution in [0.25, 0.3) is 79.9 Å². The Bertz CT molecular complexity index is 3020. The molecule has 17 heteroatoms. The SMILES string of the molecule is O=S(=O)(O)c1ccc(-c2c3nc(c(-c4ccc(S(=O)(=O)O)cc4)c4ccc([nH]4)c(-c4ccc(S(=O)(=O)O)cc4)c4nc([o+]c5ccc2[nH]5)C=C4)C=C3)cc1. The second-order valence-corrected chi connectivity index (χ2v) is 16.4. The van der Waals surface area contributed by atoms with Crippen LogP contribution in [-0.4, -0.2) is 58.8 Å². The molecular formula is C37H25N4O10S3+. The minimum Gasteiger partial charge on any atom is -0.354 e. The zero-order valence-electron chi connectivity index (χ0n) is 27.4. The summed E-state index contributed by atoms with van der Waals surface area (Å²) in [7, 11) is -13.4. The van der Waals surface area contributed by atoms with E-state index in [1.54, 1.807) is 48.6 Å². The Morgan fingerprint density at radius 2 is 0.778 bits per heavy atom. The number of fused-ring (bicyclic) bond motifs is 8. The molecule has 0 radical (unpaired) electrons. The zero-order valence-corrected chi connectivity index (χ0v) is 29.8. The molecule has 0 saturated carbocycles. The second kappa shape index (κ2) is 12.8. The predicted octanol–water partition coefficient (Wildman–Crippen LogP) is 7.27. The summed E-state index contributed by atoms with van der Waals surface area (Å²) in [6.45, 7) is 0. The molecule has 54 heavy (non-hydrogen) atoms. The highest BCUT2D eigenvalue weighted by Gasteiger charge is 2.21. The number of rotatable bonds is 6. The molecule has 0 fully saturated rings. The van der Waals surface area contributed by atoms with Crippen LogP contribution in [-0.2, 0) is 30.4 Å². The van der Waals surface area contributed by atoms with Gasteiger partial charge in [-0.1, -0.05) is 36.4 Å². The molecule has 14 nitrogen and oxygen atoms in total. The summed E-state index contributed by atoms with van der Waals surface area (Å²) in [5, 5.41) is 0. The number of aromatic amines is 2. The fourth-order valence-electron chi connectivity index (χ4n) is 6.26. The van der Waals surface area contributed by atoms with Crippen LogP contribution in [0.15, 0.2) is 116 Å². The molecule has 2 aliphatic heterocycles. The van der Waals surface area contributed by atoms with Crippen molar-refractivity contribution in [2.75, 3.05) is 0 Å². The molecule has 8 rings (SSSR count). The monoisotopic (exact) mass is 781 g/mol. The van der Waals surface area contributed by atoms with Gasteiger partial charge in [-0.05, 0) is 89.5 Å². The van der Waals surface area contributed by atoms with Gasteiger partial charge in [0, 0.05) is 27.7 Å². The van der Waals surface area contributed by atoms with Crippen LogP contribution < -0.4 is 0 Å². The quantitative estimate of drug-likeness (QED) is 0.0828. The summed E-state index contributed by atoms with van der Waals surface area (Å²) in [5.41, 5.74) is 6.59. The van der Waals surface area contributed by atoms with Crippen molar-refractivity contribution in [3.63, 3.8) is 0 Å². The van der Waals surface area contributed by atoms with Crippen molar-refractivity contribution in [1.82, 2.24) is 19.9 Å². The van der Waals surface area contributed by atoms with Crippen LogP contribution in [0.2, 0.25) is 0 Å². The van der Waals surface area contributed by atoms with Crippen molar-refractivity contribution >= 4 is 76.9 Å². The molecule has 6 aromatic rings. The maximum atomic E-state index is 11.9. The number of benzene rings is 3. The summed E-state index contributed by atoms with van der Waals surface area (Å²) >= 11 is 0. The van der Waals surface area contributed by atoms with E-state index in [9.17, 15) is 38.9 Å². The Morgan fingerprint density at radius 3 is 1.19 bits per heavy atom. The predicted molar refractivity (Wildman–Crippen MR) is 201 cm³/mol. The first kappa shape index (κ1) is 35.0. The average Bonchev–Trinajstić information content (AvgIpc) is 3.95. The minimum absolute atomic E-state index is 0.225. The number of hydrogen-bond donors (Lipinski definition) is 5. The van der Waals surface area contributed by atoms with Crippen molar-refractivity contribution in [1.29, 1.82) is 0 Å². The van der Waals surface area contributed by atoms with Gasteiger partial charge in [0.15, 0.2) is 0 Å². The number of hydrogen-bond acceptors (Lipinski definition) is 8. The fraction of sp³-hybridized carbons (Fsp3) is 0. The summed E-state index contributed by atoms with van der Waals surface area (Å²) in [5.74, 6) is 0.225. The van der Waals surface area contributed by atoms with Crippen LogP contribution >= 0.6 is 0 Å². The molecule has 8 bridgehead atoms. The first-order valence-electron chi connectivity index (χ1n) is 15.8. The van der Waals surface area contributed by atoms with Gasteiger partial charge in [0.05, 0.1) is 49.4 Å². The van der Waals surface area contributed by atoms with Gasteiger partial charge in [-0.2, -0.15) is 34.7 Å². The Kier molecular flexibility index (Phi) is 8.29. The molecule has 3 aromatic heterocycles. The van der Waals surface area contributed by atoms with E-state index in [0.717, 1.165) is 0 Å². The smallest absolute Gasteiger partial charge is 0.354 e. The topological polar surface area (TPSA) is 232 Å². The highest BCUT2D eigenvalue weighted by atomic mass is 32.2. The van der Waals surface area contributed by atoms with E-state index in [1.807, 2.05) is 0 Å². The summed E-state index contributed by atoms with van der Waals surface area (Å²) < 4.78 is 106. The molecule has 5 heterocycles. The fourth-order valence-corrected chi connectivity index (χ4v) is 7.70. The standard InChI is InChI=1S/C37H24N4O10S3/c42-52(43,44)24-7-1-21(2-8-24)35-27-13-15-29(38-27)36(22-3-9-25(10-4-22)53(45,46)47)31-17-19-33(40-31)51-34-20-18-32(41-34)37(30-16-14-28(35)39-30)23-5-11-26(12-6-23)54(48,49)50/h1-20,38,41H,(H2-,42,43,44,45,46,47,48,49,50)/p+1. The highest BCUT2D eigenvalue weighted by Crippen LogP contribution is 2.37. The van der Waals surface area contributed by atoms with Gasteiger partial charge in [-0.25, -0.2) is 4.98 Å². The Labute approximate surface area is 307 Å². The molecule has 0 unspecified atom stereocenters. The van der Waals surface area contributed by atoms with Gasteiger partial charge in [-0.15, -0.1) is 0 Å². The highest BCUT2D eigenvalue weighted by molar-refractivity contribution is 7.86. The average molecular weight is 782 g/mol. The molecular weight excluding hydrogens is 757 g/mol. The van der Waals surface area contributed by atoms with E-state index in [2.05, 4.69) is 9.97 Å². The van der Waals surface area contributed by atoms with Gasteiger partial charge < -0.3 is 4.98 Å². The zero-order chi connectivity index (χ0) is 38.0. The van der Waals surface area contributed by atoms with Gasteiger partial charge in [0.2, 0.25) is 0 Å². The molecule has 0 atom stereocenters. The van der Waals surface area contributed by atoms with Gasteiger partial charge >= 0.3 is 11.6 Å². The first-order chi connectivity index (χ1) is 25.6. The molecule has 2 aliphatic rings. The normalized spacial score (nSPS) is 13.0. The number of nitrogens with one attached hydrogen (secondary N) is 2. The van der Waals surface area contributed by atoms with Crippen molar-refractivity contribution in [3.05, 3.63) is 120 Å². The summed E-state index contributed by atoms with van der Waals surface area (Å²) in [6, 6.07) is 23.8. The molecule has 0 aliphatic carbocycles. The van der Waals surface area contributed by atoms with E-state index in [-0.39, 0.29) is 20.6 Å². The summed E-state index contributed by atoms with van der Waals surface area (Å²) in [6.07, 6.45) is 6.90. The van der Waals surface area contributed by atoms with Crippen molar-refractivity contribution in [3.8, 4) is 33.4 Å². The largest absolute Gasteiger partial charge is 0.455 e. The van der Waals surface area contributed by atoms with Gasteiger partial charge in [0.1, 0.15) is 0 Å². The lowest BCUT2D eigenvalue weighted by atomic mass is 10.0. The van der Waals surface area contributed by atoms with Crippen molar-refractivity contribution in [2.45, 2.75) is 14.7 Å². The summed E-state index contributed by atoms with van der Waals surface area (Å²) in [4.78, 5) is 15.5. The third-order valence-electron chi connectivity index (χ3n) is 8.71. The van der Waals surface area contributed by atoms with E-state index in [0.29, 0.717) is 72.7 Å². The van der Waals surface area contributed by atoms with Crippen LogP contribution in [0, 0.1) is 0 Å². The number of aromatic nitrogens is 4. The maximum absolute atomic E-state index is 11.9. The molecule has 270 valence electrons. The Balaban J connectivity index is 1.48. The number of H-pyrrole nitrogens is 2. The Morgan fingerprint density at radius 1 is 0.426 bits per heavy atom. The van der Waals surface area contributed by atoms with Gasteiger partial charge in [0.25, 0.3) is 30.4 Å². The van der Waals surface area contributed by atoms with Crippen molar-refractivity contribution in [2.24, 2.45) is 0 Å². The van der Waals surface area contributed by atoms with Crippen LogP contribution in [0.3, 0.4) is 0 Å². The van der Waals surface area contributed by atoms with E-state index < -0.39 is 30.4 Å². The molecule has 0 amide bonds. The first-order valence-corrected chi connectivity index (χ1v) is 20.1. The van der Waals surface area contributed by atoms with Crippen LogP contribution in [0.4, 0.5) is 0 Å². The molecule has 5 N–H and O–H groups in total. The van der Waals surface area contributed by atoms with E-state index in [1.165, 1.54) is 72.8 Å². The third kappa shape index (κ3) is 6.66. The van der Waals surface area contributed by atoms with Crippen molar-refractivity contribution < 1.29 is 43.3 Å². The lowest BCUT2D eigenvalue weighted by Crippen LogP contribution is -1.97. The Hall–Kier alpha value is -6.08. The maximum Gasteiger partial charge on any atom is 0.455 e. The molecule has 0 spiro atoms. The van der Waals surface area contributed by atoms with Gasteiger partial charge in [-0.3, -0.25) is 18.6 Å². The van der Waals surface area contributed by atoms with Crippen LogP contribution in [0.1, 0.15) is 23.0 Å². The lowest BCUT2D eigenvalue weighted by Gasteiger charge is -2.07. The molecule has 3 aromatic carbocycles. The lowest BCUT2D eigenvalue weighted by molar-refractivity contribution is 0.481. The minimum atomic E-state index is -4.49. The van der Waals surface area contributed by atoms with E-state index >= 15 is 0 Å². The number of nitrogens with zero attached hydrogens (tertiary/aromatic N) is 2. The molecule has 0 saturated heterocycles. The van der Waals surface area contributed by atoms with Crippen LogP contribution in [0.5, 0.6) is 0 Å². The van der Waals surface area contributed by atoms with E-state index in [4.69, 9.17) is 14.4 Å². The second-order valence-electron chi connectivity index (χ2n) is 12.1. The third-order valence-corrected chi connectivity index (χ3v) is 11.3.